The second-order valence-electron chi connectivity index (χ2n) is 8.13. The second-order valence-corrected chi connectivity index (χ2v) is 8.13. The van der Waals surface area contributed by atoms with Gasteiger partial charge in [0.15, 0.2) is 6.61 Å². The number of hydrogen-bond acceptors (Lipinski definition) is 4. The average molecular weight is 454 g/mol. The number of rotatable bonds is 7. The lowest BCUT2D eigenvalue weighted by Crippen LogP contribution is -2.20. The minimum Gasteiger partial charge on any atom is -0.484 e. The molecule has 6 nitrogen and oxygen atoms in total. The smallest absolute Gasteiger partial charge is 0.266 e. The largest absolute Gasteiger partial charge is 0.484 e. The van der Waals surface area contributed by atoms with E-state index in [4.69, 9.17) is 4.74 Å². The molecule has 0 aliphatic rings. The molecule has 0 bridgehead atoms. The number of aryl methyl sites for hydroxylation is 4. The van der Waals surface area contributed by atoms with E-state index in [9.17, 15) is 14.9 Å². The molecular formula is C28H27N3O3. The Morgan fingerprint density at radius 2 is 1.47 bits per heavy atom. The molecule has 0 aliphatic carbocycles. The van der Waals surface area contributed by atoms with E-state index in [0.29, 0.717) is 22.7 Å². The fourth-order valence-corrected chi connectivity index (χ4v) is 3.19. The monoisotopic (exact) mass is 453 g/mol. The number of anilines is 2. The third-order valence-electron chi connectivity index (χ3n) is 5.46. The zero-order valence-electron chi connectivity index (χ0n) is 19.7. The van der Waals surface area contributed by atoms with Crippen LogP contribution >= 0.6 is 0 Å². The van der Waals surface area contributed by atoms with Crippen molar-refractivity contribution in [3.05, 3.63) is 94.1 Å². The average Bonchev–Trinajstić information content (AvgIpc) is 2.81. The van der Waals surface area contributed by atoms with Crippen molar-refractivity contribution in [1.29, 1.82) is 5.26 Å². The van der Waals surface area contributed by atoms with Gasteiger partial charge in [-0.05, 0) is 98.0 Å². The number of benzene rings is 3. The third kappa shape index (κ3) is 6.57. The highest BCUT2D eigenvalue weighted by Crippen LogP contribution is 2.19. The van der Waals surface area contributed by atoms with Gasteiger partial charge in [-0.1, -0.05) is 24.3 Å². The summed E-state index contributed by atoms with van der Waals surface area (Å²) in [6.07, 6.45) is 1.48. The quantitative estimate of drug-likeness (QED) is 0.366. The van der Waals surface area contributed by atoms with Crippen LogP contribution < -0.4 is 15.4 Å². The molecular weight excluding hydrogens is 426 g/mol. The van der Waals surface area contributed by atoms with Crippen LogP contribution in [0.25, 0.3) is 6.08 Å². The fraction of sp³-hybridized carbons (Fsp3) is 0.179. The second kappa shape index (κ2) is 11.0. The Hall–Kier alpha value is -4.37. The summed E-state index contributed by atoms with van der Waals surface area (Å²) < 4.78 is 5.61. The molecule has 0 saturated heterocycles. The zero-order valence-corrected chi connectivity index (χ0v) is 19.7. The van der Waals surface area contributed by atoms with Crippen molar-refractivity contribution in [2.75, 3.05) is 17.2 Å². The standard InChI is InChI=1S/C28H27N3O3/c1-18-8-10-24(12-20(18)3)30-27(32)17-34-26-7-5-6-22(15-26)14-23(16-29)28(33)31-25-11-9-19(2)21(4)13-25/h5-15H,17H2,1-4H3,(H,30,32)(H,31,33)/b23-14-. The van der Waals surface area contributed by atoms with Crippen LogP contribution in [-0.4, -0.2) is 18.4 Å². The molecule has 0 aromatic heterocycles. The van der Waals surface area contributed by atoms with E-state index in [1.165, 1.54) is 6.08 Å². The van der Waals surface area contributed by atoms with Crippen LogP contribution in [0.15, 0.2) is 66.2 Å². The Morgan fingerprint density at radius 3 is 2.06 bits per heavy atom. The van der Waals surface area contributed by atoms with E-state index in [2.05, 4.69) is 10.6 Å². The molecule has 6 heteroatoms. The van der Waals surface area contributed by atoms with E-state index in [0.717, 1.165) is 22.3 Å². The summed E-state index contributed by atoms with van der Waals surface area (Å²) >= 11 is 0. The summed E-state index contributed by atoms with van der Waals surface area (Å²) in [5.74, 6) is -0.324. The lowest BCUT2D eigenvalue weighted by Gasteiger charge is -2.10. The van der Waals surface area contributed by atoms with Crippen molar-refractivity contribution >= 4 is 29.3 Å². The lowest BCUT2D eigenvalue weighted by molar-refractivity contribution is -0.118. The molecule has 0 spiro atoms. The first kappa shape index (κ1) is 24.3. The maximum atomic E-state index is 12.6. The maximum Gasteiger partial charge on any atom is 0.266 e. The third-order valence-corrected chi connectivity index (χ3v) is 5.46. The van der Waals surface area contributed by atoms with Crippen LogP contribution in [0.3, 0.4) is 0 Å². The molecule has 3 rings (SSSR count). The Bertz CT molecular complexity index is 1300. The number of carbonyl (C=O) groups excluding carboxylic acids is 2. The minimum absolute atomic E-state index is 0.0390. The predicted octanol–water partition coefficient (Wildman–Crippen LogP) is 5.48. The highest BCUT2D eigenvalue weighted by atomic mass is 16.5. The van der Waals surface area contributed by atoms with Gasteiger partial charge in [0, 0.05) is 11.4 Å². The number of nitrogens with one attached hydrogen (secondary N) is 2. The summed E-state index contributed by atoms with van der Waals surface area (Å²) in [4.78, 5) is 24.8. The number of nitriles is 1. The number of amides is 2. The first-order chi connectivity index (χ1) is 16.2. The molecule has 0 radical (unpaired) electrons. The first-order valence-corrected chi connectivity index (χ1v) is 10.9. The molecule has 3 aromatic rings. The van der Waals surface area contributed by atoms with Crippen molar-refractivity contribution in [2.24, 2.45) is 0 Å². The van der Waals surface area contributed by atoms with Crippen molar-refractivity contribution in [2.45, 2.75) is 27.7 Å². The molecule has 2 amide bonds. The van der Waals surface area contributed by atoms with E-state index in [1.54, 1.807) is 30.3 Å². The first-order valence-electron chi connectivity index (χ1n) is 10.9. The summed E-state index contributed by atoms with van der Waals surface area (Å²) in [6.45, 7) is 7.77. The lowest BCUT2D eigenvalue weighted by atomic mass is 10.1. The molecule has 0 fully saturated rings. The molecule has 0 unspecified atom stereocenters. The Balaban J connectivity index is 1.64. The Labute approximate surface area is 199 Å². The van der Waals surface area contributed by atoms with Crippen LogP contribution in [0.4, 0.5) is 11.4 Å². The molecule has 2 N–H and O–H groups in total. The van der Waals surface area contributed by atoms with Crippen LogP contribution in [0.5, 0.6) is 5.75 Å². The van der Waals surface area contributed by atoms with Crippen molar-refractivity contribution in [1.82, 2.24) is 0 Å². The van der Waals surface area contributed by atoms with Gasteiger partial charge in [-0.25, -0.2) is 0 Å². The van der Waals surface area contributed by atoms with E-state index >= 15 is 0 Å². The molecule has 0 atom stereocenters. The van der Waals surface area contributed by atoms with Gasteiger partial charge in [0.05, 0.1) is 0 Å². The SMILES string of the molecule is Cc1ccc(NC(=O)COc2cccc(/C=C(/C#N)C(=O)Nc3ccc(C)c(C)c3)c2)cc1C. The predicted molar refractivity (Wildman–Crippen MR) is 135 cm³/mol. The summed E-state index contributed by atoms with van der Waals surface area (Å²) in [7, 11) is 0. The van der Waals surface area contributed by atoms with Gasteiger partial charge >= 0.3 is 0 Å². The molecule has 34 heavy (non-hydrogen) atoms. The normalized spacial score (nSPS) is 10.9. The fourth-order valence-electron chi connectivity index (χ4n) is 3.19. The van der Waals surface area contributed by atoms with E-state index in [1.807, 2.05) is 64.1 Å². The van der Waals surface area contributed by atoms with Crippen LogP contribution in [0.1, 0.15) is 27.8 Å². The summed E-state index contributed by atoms with van der Waals surface area (Å²) in [5, 5.41) is 15.1. The highest BCUT2D eigenvalue weighted by molar-refractivity contribution is 6.09. The molecule has 172 valence electrons. The van der Waals surface area contributed by atoms with E-state index < -0.39 is 5.91 Å². The van der Waals surface area contributed by atoms with Crippen LogP contribution in [0, 0.1) is 39.0 Å². The van der Waals surface area contributed by atoms with Gasteiger partial charge in [-0.3, -0.25) is 9.59 Å². The Kier molecular flexibility index (Phi) is 7.83. The number of hydrogen-bond donors (Lipinski definition) is 2. The van der Waals surface area contributed by atoms with Gasteiger partial charge in [-0.15, -0.1) is 0 Å². The number of carbonyl (C=O) groups is 2. The molecule has 3 aromatic carbocycles. The Morgan fingerprint density at radius 1 is 0.853 bits per heavy atom. The van der Waals surface area contributed by atoms with Crippen LogP contribution in [0.2, 0.25) is 0 Å². The molecule has 0 saturated carbocycles. The zero-order chi connectivity index (χ0) is 24.7. The number of ether oxygens (including phenoxy) is 1. The van der Waals surface area contributed by atoms with Gasteiger partial charge in [0.1, 0.15) is 17.4 Å². The topological polar surface area (TPSA) is 91.2 Å². The van der Waals surface area contributed by atoms with Crippen molar-refractivity contribution < 1.29 is 14.3 Å². The van der Waals surface area contributed by atoms with Crippen molar-refractivity contribution in [3.8, 4) is 11.8 Å². The van der Waals surface area contributed by atoms with Gasteiger partial charge in [0.2, 0.25) is 0 Å². The molecule has 0 aliphatic heterocycles. The highest BCUT2D eigenvalue weighted by Gasteiger charge is 2.11. The maximum absolute atomic E-state index is 12.6. The van der Waals surface area contributed by atoms with Gasteiger partial charge < -0.3 is 15.4 Å². The summed E-state index contributed by atoms with van der Waals surface area (Å²) in [6, 6.07) is 20.1. The minimum atomic E-state index is -0.496. The van der Waals surface area contributed by atoms with Gasteiger partial charge in [-0.2, -0.15) is 5.26 Å². The van der Waals surface area contributed by atoms with E-state index in [-0.39, 0.29) is 18.1 Å². The van der Waals surface area contributed by atoms with Crippen molar-refractivity contribution in [3.63, 3.8) is 0 Å². The molecule has 0 heterocycles. The number of nitrogens with zero attached hydrogens (tertiary/aromatic N) is 1. The summed E-state index contributed by atoms with van der Waals surface area (Å²) in [5.41, 5.74) is 6.32. The van der Waals surface area contributed by atoms with Crippen LogP contribution in [-0.2, 0) is 9.59 Å². The van der Waals surface area contributed by atoms with Gasteiger partial charge in [0.25, 0.3) is 11.8 Å².